The van der Waals surface area contributed by atoms with Gasteiger partial charge in [0.05, 0.1) is 24.7 Å². The van der Waals surface area contributed by atoms with Crippen LogP contribution in [0.4, 0.5) is 4.79 Å². The van der Waals surface area contributed by atoms with Crippen LogP contribution in [0.2, 0.25) is 0 Å². The fraction of sp³-hybridized carbons (Fsp3) is 0.250. The number of nitrogens with zero attached hydrogens (tertiary/aromatic N) is 5. The molecule has 0 aromatic heterocycles. The molecule has 1 atom stereocenters. The van der Waals surface area contributed by atoms with Gasteiger partial charge >= 0.3 is 6.03 Å². The maximum absolute atomic E-state index is 13.3. The summed E-state index contributed by atoms with van der Waals surface area (Å²) in [6, 6.07) is 25.5. The zero-order valence-corrected chi connectivity index (χ0v) is 23.5. The normalized spacial score (nSPS) is 16.6. The van der Waals surface area contributed by atoms with Crippen LogP contribution in [0.1, 0.15) is 22.3 Å². The van der Waals surface area contributed by atoms with E-state index in [2.05, 4.69) is 18.0 Å². The number of carbonyl (C=O) groups is 3. The molecule has 3 aromatic carbocycles. The monoisotopic (exact) mass is 566 g/mol. The summed E-state index contributed by atoms with van der Waals surface area (Å²) in [4.78, 5) is 42.1. The number of fused-ring (bicyclic) bond motifs is 1. The van der Waals surface area contributed by atoms with Crippen molar-refractivity contribution in [2.24, 2.45) is 0 Å². The molecular weight excluding hydrogens is 532 g/mol. The standard InChI is InChI=1S/C25H26N6O3.C7H8O/c1-2-11-29-17-24(33)30-18-23(32)28(15-21-10-6-9-20(12-21)13-26)16-22(30)31(29)25(34)27-14-19-7-4-3-5-8-19;1-6-2-4-7(8)5-3-6/h2-10,12,22H,1,11,14-18H2,(H,27,34);2-5,8H,1H3. The predicted molar refractivity (Wildman–Crippen MR) is 157 cm³/mol. The van der Waals surface area contributed by atoms with Crippen molar-refractivity contribution in [2.75, 3.05) is 26.2 Å². The number of nitriles is 1. The maximum Gasteiger partial charge on any atom is 0.334 e. The van der Waals surface area contributed by atoms with Crippen molar-refractivity contribution in [1.29, 1.82) is 5.26 Å². The van der Waals surface area contributed by atoms with E-state index in [0.29, 0.717) is 24.4 Å². The molecule has 0 bridgehead atoms. The number of benzene rings is 3. The number of aromatic hydroxyl groups is 1. The van der Waals surface area contributed by atoms with Gasteiger partial charge in [0.25, 0.3) is 0 Å². The molecule has 0 aliphatic carbocycles. The zero-order valence-electron chi connectivity index (χ0n) is 23.5. The van der Waals surface area contributed by atoms with Crippen LogP contribution in [-0.2, 0) is 22.7 Å². The molecule has 3 aromatic rings. The predicted octanol–water partition coefficient (Wildman–Crippen LogP) is 3.38. The van der Waals surface area contributed by atoms with E-state index in [9.17, 15) is 19.6 Å². The molecule has 42 heavy (non-hydrogen) atoms. The molecule has 0 spiro atoms. The van der Waals surface area contributed by atoms with Gasteiger partial charge in [0.15, 0.2) is 0 Å². The van der Waals surface area contributed by atoms with Gasteiger partial charge in [0.1, 0.15) is 18.5 Å². The summed E-state index contributed by atoms with van der Waals surface area (Å²) in [5, 5.41) is 24.0. The van der Waals surface area contributed by atoms with Crippen LogP contribution in [-0.4, -0.2) is 75.1 Å². The molecule has 10 nitrogen and oxygen atoms in total. The Balaban J connectivity index is 0.000000437. The molecule has 4 amide bonds. The summed E-state index contributed by atoms with van der Waals surface area (Å²) in [6.07, 6.45) is 0.994. The average molecular weight is 567 g/mol. The van der Waals surface area contributed by atoms with Gasteiger partial charge in [0.2, 0.25) is 11.8 Å². The molecule has 2 fully saturated rings. The number of urea groups is 1. The Labute approximate surface area is 245 Å². The zero-order chi connectivity index (χ0) is 30.1. The minimum absolute atomic E-state index is 0.0151. The molecule has 1 unspecified atom stereocenters. The van der Waals surface area contributed by atoms with Crippen molar-refractivity contribution in [3.05, 3.63) is 114 Å². The van der Waals surface area contributed by atoms with Crippen molar-refractivity contribution < 1.29 is 19.5 Å². The van der Waals surface area contributed by atoms with E-state index >= 15 is 0 Å². The van der Waals surface area contributed by atoms with Crippen molar-refractivity contribution in [3.63, 3.8) is 0 Å². The minimum atomic E-state index is -0.645. The molecule has 216 valence electrons. The fourth-order valence-corrected chi connectivity index (χ4v) is 4.80. The Morgan fingerprint density at radius 3 is 2.40 bits per heavy atom. The first kappa shape index (κ1) is 29.8. The first-order chi connectivity index (χ1) is 20.3. The van der Waals surface area contributed by atoms with Crippen molar-refractivity contribution >= 4 is 17.8 Å². The Hall–Kier alpha value is -5.14. The lowest BCUT2D eigenvalue weighted by Gasteiger charge is -2.52. The van der Waals surface area contributed by atoms with Gasteiger partial charge in [-0.05, 0) is 42.3 Å². The number of nitrogens with one attached hydrogen (secondary N) is 1. The van der Waals surface area contributed by atoms with Gasteiger partial charge < -0.3 is 20.2 Å². The number of phenols is 1. The Morgan fingerprint density at radius 1 is 1.02 bits per heavy atom. The highest BCUT2D eigenvalue weighted by Crippen LogP contribution is 2.24. The smallest absolute Gasteiger partial charge is 0.334 e. The van der Waals surface area contributed by atoms with Crippen molar-refractivity contribution in [2.45, 2.75) is 26.2 Å². The maximum atomic E-state index is 13.3. The van der Waals surface area contributed by atoms with Gasteiger partial charge in [-0.3, -0.25) is 9.59 Å². The SMILES string of the molecule is C=CCN1CC(=O)N2CC(=O)N(Cc3cccc(C#N)c3)CC2N1C(=O)NCc1ccccc1.Cc1ccc(O)cc1. The van der Waals surface area contributed by atoms with Crippen LogP contribution in [0.5, 0.6) is 5.75 Å². The number of hydrogen-bond acceptors (Lipinski definition) is 6. The van der Waals surface area contributed by atoms with E-state index in [0.717, 1.165) is 11.1 Å². The lowest BCUT2D eigenvalue weighted by atomic mass is 10.1. The molecule has 0 radical (unpaired) electrons. The van der Waals surface area contributed by atoms with Crippen LogP contribution in [0, 0.1) is 18.3 Å². The molecule has 2 N–H and O–H groups in total. The fourth-order valence-electron chi connectivity index (χ4n) is 4.80. The van der Waals surface area contributed by atoms with E-state index in [1.165, 1.54) is 15.5 Å². The molecule has 2 heterocycles. The second-order valence-corrected chi connectivity index (χ2v) is 10.0. The minimum Gasteiger partial charge on any atom is -0.508 e. The third-order valence-electron chi connectivity index (χ3n) is 6.92. The Bertz CT molecular complexity index is 1430. The Morgan fingerprint density at radius 2 is 1.74 bits per heavy atom. The summed E-state index contributed by atoms with van der Waals surface area (Å²) in [6.45, 7) is 6.71. The quantitative estimate of drug-likeness (QED) is 0.442. The van der Waals surface area contributed by atoms with E-state index in [-0.39, 0.29) is 44.0 Å². The summed E-state index contributed by atoms with van der Waals surface area (Å²) < 4.78 is 0. The first-order valence-corrected chi connectivity index (χ1v) is 13.6. The van der Waals surface area contributed by atoms with E-state index in [4.69, 9.17) is 5.11 Å². The average Bonchev–Trinajstić information content (AvgIpc) is 2.99. The topological polar surface area (TPSA) is 120 Å². The number of hydrazine groups is 1. The molecule has 0 saturated carbocycles. The number of phenolic OH excluding ortho intramolecular Hbond substituents is 1. The molecule has 10 heteroatoms. The van der Waals surface area contributed by atoms with E-state index < -0.39 is 6.17 Å². The van der Waals surface area contributed by atoms with Gasteiger partial charge in [-0.1, -0.05) is 66.2 Å². The lowest BCUT2D eigenvalue weighted by molar-refractivity contribution is -0.180. The molecule has 5 rings (SSSR count). The second-order valence-electron chi connectivity index (χ2n) is 10.0. The summed E-state index contributed by atoms with van der Waals surface area (Å²) in [5.74, 6) is -0.0807. The van der Waals surface area contributed by atoms with Crippen molar-refractivity contribution in [1.82, 2.24) is 25.1 Å². The van der Waals surface area contributed by atoms with Gasteiger partial charge in [-0.25, -0.2) is 14.8 Å². The van der Waals surface area contributed by atoms with Gasteiger partial charge in [-0.15, -0.1) is 6.58 Å². The summed E-state index contributed by atoms with van der Waals surface area (Å²) >= 11 is 0. The number of rotatable bonds is 6. The van der Waals surface area contributed by atoms with Crippen LogP contribution in [0.25, 0.3) is 0 Å². The first-order valence-electron chi connectivity index (χ1n) is 13.6. The number of hydrogen-bond donors (Lipinski definition) is 2. The van der Waals surface area contributed by atoms with E-state index in [1.54, 1.807) is 46.3 Å². The highest BCUT2D eigenvalue weighted by molar-refractivity contribution is 5.89. The lowest BCUT2D eigenvalue weighted by Crippen LogP contribution is -2.73. The molecule has 2 aliphatic heterocycles. The van der Waals surface area contributed by atoms with Gasteiger partial charge in [-0.2, -0.15) is 5.26 Å². The highest BCUT2D eigenvalue weighted by atomic mass is 16.3. The number of carbonyl (C=O) groups excluding carboxylic acids is 3. The summed E-state index contributed by atoms with van der Waals surface area (Å²) in [5.41, 5.74) is 3.44. The Kier molecular flexibility index (Phi) is 9.92. The summed E-state index contributed by atoms with van der Waals surface area (Å²) in [7, 11) is 0. The van der Waals surface area contributed by atoms with E-state index in [1.807, 2.05) is 55.5 Å². The number of piperazine rings is 1. The van der Waals surface area contributed by atoms with Crippen LogP contribution >= 0.6 is 0 Å². The van der Waals surface area contributed by atoms with Gasteiger partial charge in [0, 0.05) is 19.6 Å². The van der Waals surface area contributed by atoms with Crippen LogP contribution < -0.4 is 5.32 Å². The largest absolute Gasteiger partial charge is 0.508 e. The third-order valence-corrected chi connectivity index (χ3v) is 6.92. The molecule has 2 saturated heterocycles. The number of amides is 4. The molecular formula is C32H34N6O4. The molecule has 2 aliphatic rings. The number of aryl methyl sites for hydroxylation is 1. The van der Waals surface area contributed by atoms with Crippen LogP contribution in [0.3, 0.4) is 0 Å². The highest BCUT2D eigenvalue weighted by Gasteiger charge is 2.46. The van der Waals surface area contributed by atoms with Crippen molar-refractivity contribution in [3.8, 4) is 11.8 Å². The second kappa shape index (κ2) is 14.0. The van der Waals surface area contributed by atoms with Crippen LogP contribution in [0.15, 0.2) is 91.5 Å². The third kappa shape index (κ3) is 7.53.